The number of carboxylic acid groups (broad SMARTS) is 2. The normalized spacial score (nSPS) is 17.2. The van der Waals surface area contributed by atoms with E-state index in [0.29, 0.717) is 6.42 Å². The van der Waals surface area contributed by atoms with Gasteiger partial charge in [-0.1, -0.05) is 0 Å². The molecule has 16 nitrogen and oxygen atoms in total. The van der Waals surface area contributed by atoms with Crippen LogP contribution in [0.3, 0.4) is 0 Å². The second-order valence-corrected chi connectivity index (χ2v) is 8.64. The number of guanidine groups is 1. The van der Waals surface area contributed by atoms with Gasteiger partial charge in [-0.15, -0.1) is 0 Å². The first-order valence-electron chi connectivity index (χ1n) is 11.8. The molecule has 208 valence electrons. The zero-order chi connectivity index (χ0) is 28.1. The van der Waals surface area contributed by atoms with Gasteiger partial charge in [-0.05, 0) is 38.5 Å². The van der Waals surface area contributed by atoms with Gasteiger partial charge in [0.1, 0.15) is 18.1 Å². The minimum atomic E-state index is -1.37. The van der Waals surface area contributed by atoms with Crippen molar-refractivity contribution in [3.63, 3.8) is 0 Å². The molecule has 4 amide bonds. The van der Waals surface area contributed by atoms with Crippen LogP contribution in [0.25, 0.3) is 0 Å². The molecule has 16 heteroatoms. The zero-order valence-corrected chi connectivity index (χ0v) is 20.4. The summed E-state index contributed by atoms with van der Waals surface area (Å²) in [6.07, 6.45) is -0.0310. The molecule has 1 saturated heterocycles. The summed E-state index contributed by atoms with van der Waals surface area (Å²) < 4.78 is 0. The van der Waals surface area contributed by atoms with Crippen molar-refractivity contribution in [2.24, 2.45) is 27.9 Å². The van der Waals surface area contributed by atoms with Crippen LogP contribution in [-0.2, 0) is 28.8 Å². The molecule has 4 unspecified atom stereocenters. The number of primary amides is 1. The van der Waals surface area contributed by atoms with Crippen LogP contribution in [0.5, 0.6) is 0 Å². The van der Waals surface area contributed by atoms with Gasteiger partial charge in [0.25, 0.3) is 0 Å². The number of nitrogens with zero attached hydrogens (tertiary/aromatic N) is 2. The highest BCUT2D eigenvalue weighted by Crippen LogP contribution is 2.20. The highest BCUT2D eigenvalue weighted by molar-refractivity contribution is 5.94. The van der Waals surface area contributed by atoms with Crippen LogP contribution >= 0.6 is 0 Å². The highest BCUT2D eigenvalue weighted by atomic mass is 16.4. The molecule has 0 radical (unpaired) electrons. The summed E-state index contributed by atoms with van der Waals surface area (Å²) in [7, 11) is 0. The van der Waals surface area contributed by atoms with Crippen LogP contribution < -0.4 is 33.6 Å². The Hall–Kier alpha value is -3.95. The molecule has 1 aliphatic heterocycles. The van der Waals surface area contributed by atoms with Crippen molar-refractivity contribution >= 4 is 41.5 Å². The fourth-order valence-corrected chi connectivity index (χ4v) is 3.76. The van der Waals surface area contributed by atoms with Crippen LogP contribution in [0.1, 0.15) is 51.4 Å². The Morgan fingerprint density at radius 2 is 1.57 bits per heavy atom. The Balaban J connectivity index is 3.05. The lowest BCUT2D eigenvalue weighted by Gasteiger charge is -2.29. The van der Waals surface area contributed by atoms with Gasteiger partial charge >= 0.3 is 11.9 Å². The van der Waals surface area contributed by atoms with Gasteiger partial charge in [-0.3, -0.25) is 29.0 Å². The number of rotatable bonds is 16. The van der Waals surface area contributed by atoms with Gasteiger partial charge in [0.15, 0.2) is 5.96 Å². The summed E-state index contributed by atoms with van der Waals surface area (Å²) in [4.78, 5) is 77.3. The standard InChI is InChI=1S/C21H36N8O8/c22-11(5-7-15(23)30)17(33)27-12(6-8-16(31)32)18(34)28-13(3-1-9-26-21(24)25)19(35)29-10-2-4-14(29)20(36)37/h11-14H,1-10,22H2,(H2,23,30)(H,27,33)(H,28,34)(H,31,32)(H,36,37)(H4,24,25,26). The molecule has 0 aliphatic carbocycles. The number of carbonyl (C=O) groups is 6. The molecule has 0 spiro atoms. The Bertz CT molecular complexity index is 892. The average molecular weight is 529 g/mol. The fourth-order valence-electron chi connectivity index (χ4n) is 3.76. The van der Waals surface area contributed by atoms with Crippen LogP contribution in [0.4, 0.5) is 0 Å². The summed E-state index contributed by atoms with van der Waals surface area (Å²) in [5.74, 6) is -5.54. The van der Waals surface area contributed by atoms with Crippen molar-refractivity contribution in [3.8, 4) is 0 Å². The second kappa shape index (κ2) is 15.2. The van der Waals surface area contributed by atoms with Crippen molar-refractivity contribution < 1.29 is 39.0 Å². The number of nitrogens with one attached hydrogen (secondary N) is 2. The lowest BCUT2D eigenvalue weighted by Crippen LogP contribution is -2.57. The molecule has 1 rings (SSSR count). The smallest absolute Gasteiger partial charge is 0.326 e. The Morgan fingerprint density at radius 3 is 2.14 bits per heavy atom. The maximum absolute atomic E-state index is 13.2. The maximum Gasteiger partial charge on any atom is 0.326 e. The number of likely N-dealkylation sites (tertiary alicyclic amines) is 1. The van der Waals surface area contributed by atoms with Crippen LogP contribution in [0.2, 0.25) is 0 Å². The number of aliphatic imine (C=N–C) groups is 1. The topological polar surface area (TPSA) is 287 Å². The first-order valence-corrected chi connectivity index (χ1v) is 11.8. The largest absolute Gasteiger partial charge is 0.481 e. The molecule has 1 fully saturated rings. The second-order valence-electron chi connectivity index (χ2n) is 8.64. The first-order chi connectivity index (χ1) is 17.3. The number of carboxylic acids is 2. The Kier molecular flexibility index (Phi) is 12.8. The molecule has 0 aromatic heterocycles. The van der Waals surface area contributed by atoms with Crippen molar-refractivity contribution in [2.75, 3.05) is 13.1 Å². The number of amides is 4. The summed E-state index contributed by atoms with van der Waals surface area (Å²) >= 11 is 0. The summed E-state index contributed by atoms with van der Waals surface area (Å²) in [6.45, 7) is 0.322. The SMILES string of the molecule is NC(=O)CCC(N)C(=O)NC(CCC(=O)O)C(=O)NC(CCCN=C(N)N)C(=O)N1CCCC1C(=O)O. The van der Waals surface area contributed by atoms with Gasteiger partial charge in [-0.25, -0.2) is 4.79 Å². The third kappa shape index (κ3) is 11.1. The molecule has 4 atom stereocenters. The van der Waals surface area contributed by atoms with Gasteiger partial charge in [0.05, 0.1) is 6.04 Å². The highest BCUT2D eigenvalue weighted by Gasteiger charge is 2.38. The van der Waals surface area contributed by atoms with Crippen molar-refractivity contribution in [1.29, 1.82) is 0 Å². The average Bonchev–Trinajstić information content (AvgIpc) is 3.31. The maximum atomic E-state index is 13.2. The van der Waals surface area contributed by atoms with E-state index < -0.39 is 66.2 Å². The van der Waals surface area contributed by atoms with Gasteiger partial charge in [0, 0.05) is 25.9 Å². The number of hydrogen-bond acceptors (Lipinski definition) is 8. The van der Waals surface area contributed by atoms with Crippen molar-refractivity contribution in [1.82, 2.24) is 15.5 Å². The van der Waals surface area contributed by atoms with Crippen molar-refractivity contribution in [2.45, 2.75) is 75.5 Å². The summed E-state index contributed by atoms with van der Waals surface area (Å²) in [5, 5.41) is 23.3. The molecule has 0 saturated carbocycles. The Labute approximate surface area is 213 Å². The van der Waals surface area contributed by atoms with E-state index in [1.807, 2.05) is 0 Å². The number of hydrogen-bond donors (Lipinski definition) is 8. The molecule has 0 aromatic carbocycles. The zero-order valence-electron chi connectivity index (χ0n) is 20.4. The van der Waals surface area contributed by atoms with Gasteiger partial charge in [0.2, 0.25) is 23.6 Å². The van der Waals surface area contributed by atoms with E-state index in [2.05, 4.69) is 15.6 Å². The lowest BCUT2D eigenvalue weighted by atomic mass is 10.1. The van der Waals surface area contributed by atoms with Crippen LogP contribution in [-0.4, -0.2) is 93.9 Å². The van der Waals surface area contributed by atoms with E-state index in [9.17, 15) is 33.9 Å². The monoisotopic (exact) mass is 528 g/mol. The quantitative estimate of drug-likeness (QED) is 0.0553. The summed E-state index contributed by atoms with van der Waals surface area (Å²) in [6, 6.07) is -4.79. The summed E-state index contributed by atoms with van der Waals surface area (Å²) in [5.41, 5.74) is 21.4. The van der Waals surface area contributed by atoms with E-state index >= 15 is 0 Å². The molecule has 1 heterocycles. The van der Waals surface area contributed by atoms with Crippen LogP contribution in [0.15, 0.2) is 4.99 Å². The van der Waals surface area contributed by atoms with E-state index in [4.69, 9.17) is 28.0 Å². The van der Waals surface area contributed by atoms with E-state index in [0.717, 1.165) is 0 Å². The minimum absolute atomic E-state index is 0.0436. The van der Waals surface area contributed by atoms with E-state index in [1.165, 1.54) is 4.90 Å². The van der Waals surface area contributed by atoms with Crippen molar-refractivity contribution in [3.05, 3.63) is 0 Å². The predicted molar refractivity (Wildman–Crippen MR) is 129 cm³/mol. The third-order valence-corrected chi connectivity index (χ3v) is 5.70. The molecule has 12 N–H and O–H groups in total. The minimum Gasteiger partial charge on any atom is -0.481 e. The number of nitrogens with two attached hydrogens (primary N) is 4. The molecule has 1 aliphatic rings. The lowest BCUT2D eigenvalue weighted by molar-refractivity contribution is -0.149. The van der Waals surface area contributed by atoms with Crippen LogP contribution in [0, 0.1) is 0 Å². The van der Waals surface area contributed by atoms with E-state index in [-0.39, 0.29) is 57.6 Å². The first kappa shape index (κ1) is 31.1. The van der Waals surface area contributed by atoms with Gasteiger partial charge in [-0.2, -0.15) is 0 Å². The number of carbonyl (C=O) groups excluding carboxylic acids is 4. The molecular weight excluding hydrogens is 492 g/mol. The molecule has 0 bridgehead atoms. The molecule has 37 heavy (non-hydrogen) atoms. The Morgan fingerprint density at radius 1 is 0.919 bits per heavy atom. The van der Waals surface area contributed by atoms with E-state index in [1.54, 1.807) is 0 Å². The third-order valence-electron chi connectivity index (χ3n) is 5.70. The molecule has 0 aromatic rings. The fraction of sp³-hybridized carbons (Fsp3) is 0.667. The molecular formula is C21H36N8O8. The van der Waals surface area contributed by atoms with Gasteiger partial charge < -0.3 is 48.7 Å². The number of aliphatic carboxylic acids is 2. The predicted octanol–water partition coefficient (Wildman–Crippen LogP) is -3.46.